The van der Waals surface area contributed by atoms with E-state index < -0.39 is 59.9 Å². The Labute approximate surface area is 170 Å². The number of hydrogen-bond acceptors (Lipinski definition) is 8. The van der Waals surface area contributed by atoms with Crippen molar-refractivity contribution in [3.05, 3.63) is 71.8 Å². The molecule has 4 saturated heterocycles. The summed E-state index contributed by atoms with van der Waals surface area (Å²) in [6.45, 7) is 0. The first-order valence-corrected chi connectivity index (χ1v) is 9.75. The van der Waals surface area contributed by atoms with Crippen LogP contribution in [0.1, 0.15) is 23.2 Å². The Morgan fingerprint density at radius 2 is 0.867 bits per heavy atom. The number of rotatable bonds is 2. The van der Waals surface area contributed by atoms with E-state index in [2.05, 4.69) is 0 Å². The number of carbonyl (C=O) groups excluding carboxylic acids is 4. The summed E-state index contributed by atoms with van der Waals surface area (Å²) in [4.78, 5) is 50.8. The topological polar surface area (TPSA) is 93.2 Å². The normalized spacial score (nSPS) is 35.2. The lowest BCUT2D eigenvalue weighted by atomic mass is 9.84. The van der Waals surface area contributed by atoms with Gasteiger partial charge in [-0.15, -0.1) is 0 Å². The second-order valence-electron chi connectivity index (χ2n) is 7.89. The lowest BCUT2D eigenvalue weighted by Gasteiger charge is -2.33. The first kappa shape index (κ1) is 17.5. The highest BCUT2D eigenvalue weighted by Crippen LogP contribution is 2.58. The Kier molecular flexibility index (Phi) is 3.54. The fourth-order valence-electron chi connectivity index (χ4n) is 5.42. The highest BCUT2D eigenvalue weighted by molar-refractivity contribution is 6.02. The van der Waals surface area contributed by atoms with Crippen molar-refractivity contribution in [2.75, 3.05) is 0 Å². The molecule has 0 spiro atoms. The first-order chi connectivity index (χ1) is 14.6. The molecule has 150 valence electrons. The van der Waals surface area contributed by atoms with Gasteiger partial charge in [0.05, 0.1) is 12.1 Å². The third-order valence-electron chi connectivity index (χ3n) is 6.48. The summed E-state index contributed by atoms with van der Waals surface area (Å²) in [7, 11) is 0. The molecule has 4 fully saturated rings. The molecular weight excluding hydrogens is 388 g/mol. The molecule has 0 saturated carbocycles. The predicted octanol–water partition coefficient (Wildman–Crippen LogP) is 1.15. The van der Waals surface area contributed by atoms with Crippen LogP contribution in [-0.4, -0.2) is 46.0 Å². The van der Waals surface area contributed by atoms with Gasteiger partial charge in [-0.2, -0.15) is 0 Å². The van der Waals surface area contributed by atoms with Crippen LogP contribution < -0.4 is 0 Å². The molecule has 0 N–H and O–H groups in total. The van der Waals surface area contributed by atoms with E-state index in [4.69, 9.17) is 9.47 Å². The average Bonchev–Trinajstić information content (AvgIpc) is 3.43. The number of hydrazine groups is 1. The van der Waals surface area contributed by atoms with Gasteiger partial charge in [-0.1, -0.05) is 60.7 Å². The lowest BCUT2D eigenvalue weighted by molar-refractivity contribution is -0.167. The van der Waals surface area contributed by atoms with Crippen LogP contribution in [0.25, 0.3) is 0 Å². The van der Waals surface area contributed by atoms with Gasteiger partial charge in [0.2, 0.25) is 0 Å². The second-order valence-corrected chi connectivity index (χ2v) is 7.89. The molecule has 4 aliphatic heterocycles. The molecule has 6 atom stereocenters. The molecule has 0 bridgehead atoms. The van der Waals surface area contributed by atoms with Crippen LogP contribution in [0.3, 0.4) is 0 Å². The van der Waals surface area contributed by atoms with E-state index in [0.717, 1.165) is 11.1 Å². The zero-order valence-electron chi connectivity index (χ0n) is 15.6. The predicted molar refractivity (Wildman–Crippen MR) is 98.8 cm³/mol. The van der Waals surface area contributed by atoms with Crippen molar-refractivity contribution >= 4 is 23.9 Å². The summed E-state index contributed by atoms with van der Waals surface area (Å²) in [5.41, 5.74) is 1.53. The van der Waals surface area contributed by atoms with Crippen molar-refractivity contribution in [2.24, 2.45) is 11.8 Å². The van der Waals surface area contributed by atoms with Crippen LogP contribution in [0.4, 0.5) is 0 Å². The first-order valence-electron chi connectivity index (χ1n) is 9.75. The van der Waals surface area contributed by atoms with Gasteiger partial charge in [0.25, 0.3) is 0 Å². The van der Waals surface area contributed by atoms with Gasteiger partial charge in [0, 0.05) is 0 Å². The van der Waals surface area contributed by atoms with E-state index in [-0.39, 0.29) is 0 Å². The van der Waals surface area contributed by atoms with E-state index >= 15 is 0 Å². The Bertz CT molecular complexity index is 1000. The molecule has 8 nitrogen and oxygen atoms in total. The number of fused-ring (bicyclic) bond motifs is 5. The molecule has 4 heterocycles. The Balaban J connectivity index is 1.58. The summed E-state index contributed by atoms with van der Waals surface area (Å²) in [6.07, 6.45) is 0. The zero-order chi connectivity index (χ0) is 20.6. The van der Waals surface area contributed by atoms with Crippen molar-refractivity contribution in [1.29, 1.82) is 0 Å². The molecule has 8 heteroatoms. The van der Waals surface area contributed by atoms with Gasteiger partial charge in [0.15, 0.2) is 0 Å². The Morgan fingerprint density at radius 1 is 0.500 bits per heavy atom. The maximum Gasteiger partial charge on any atom is 0.333 e. The summed E-state index contributed by atoms with van der Waals surface area (Å²) in [5.74, 6) is -4.14. The van der Waals surface area contributed by atoms with Crippen LogP contribution in [0.5, 0.6) is 0 Å². The van der Waals surface area contributed by atoms with Crippen molar-refractivity contribution in [2.45, 2.75) is 24.2 Å². The highest BCUT2D eigenvalue weighted by atomic mass is 16.6. The minimum absolute atomic E-state index is 0.616. The minimum atomic E-state index is -0.904. The fourth-order valence-corrected chi connectivity index (χ4v) is 5.42. The zero-order valence-corrected chi connectivity index (χ0v) is 15.6. The minimum Gasteiger partial charge on any atom is -0.392 e. The van der Waals surface area contributed by atoms with Crippen LogP contribution >= 0.6 is 0 Å². The van der Waals surface area contributed by atoms with E-state index in [1.54, 1.807) is 10.0 Å². The fraction of sp³-hybridized carbons (Fsp3) is 0.273. The summed E-state index contributed by atoms with van der Waals surface area (Å²) >= 11 is 0. The van der Waals surface area contributed by atoms with Gasteiger partial charge in [-0.3, -0.25) is 9.59 Å². The van der Waals surface area contributed by atoms with Crippen molar-refractivity contribution in [3.8, 4) is 0 Å². The number of carbonyl (C=O) groups is 4. The monoisotopic (exact) mass is 404 g/mol. The number of nitrogens with zero attached hydrogens (tertiary/aromatic N) is 2. The number of esters is 4. The molecule has 0 radical (unpaired) electrons. The number of hydrogen-bond donors (Lipinski definition) is 0. The number of ether oxygens (including phenoxy) is 2. The molecule has 30 heavy (non-hydrogen) atoms. The molecule has 6 rings (SSSR count). The van der Waals surface area contributed by atoms with E-state index in [0.29, 0.717) is 0 Å². The molecule has 4 aliphatic rings. The smallest absolute Gasteiger partial charge is 0.333 e. The van der Waals surface area contributed by atoms with E-state index in [1.807, 2.05) is 60.7 Å². The number of benzene rings is 2. The van der Waals surface area contributed by atoms with Crippen LogP contribution in [0.2, 0.25) is 0 Å². The Hall–Kier alpha value is -3.36. The van der Waals surface area contributed by atoms with Gasteiger partial charge < -0.3 is 9.47 Å². The van der Waals surface area contributed by atoms with Crippen molar-refractivity contribution in [1.82, 2.24) is 10.0 Å². The van der Waals surface area contributed by atoms with Gasteiger partial charge in [-0.25, -0.2) is 19.6 Å². The quantitative estimate of drug-likeness (QED) is 0.544. The van der Waals surface area contributed by atoms with Crippen LogP contribution in [-0.2, 0) is 28.7 Å². The standard InChI is InChI=1S/C22H16N2O6/c25-19-13-15(11-7-3-1-4-8-11)23-18-14(20(26)30-22(18)28)16(12-9-5-2-6-10-12)24(23)17(13)21(27)29-19/h1-10,13-18H. The maximum absolute atomic E-state index is 12.7. The molecule has 2 aromatic carbocycles. The highest BCUT2D eigenvalue weighted by Gasteiger charge is 2.72. The largest absolute Gasteiger partial charge is 0.392 e. The number of cyclic esters (lactones) is 4. The average molecular weight is 404 g/mol. The molecular formula is C22H16N2O6. The second kappa shape index (κ2) is 6.07. The third kappa shape index (κ3) is 2.12. The molecule has 6 unspecified atom stereocenters. The summed E-state index contributed by atoms with van der Waals surface area (Å²) in [6, 6.07) is 15.3. The SMILES string of the molecule is O=C1OC(=O)C2C1C(c1ccccc1)N1C3C(=O)OC(=O)C3C(c3ccccc3)N21. The summed E-state index contributed by atoms with van der Waals surface area (Å²) < 4.78 is 10.0. The third-order valence-corrected chi connectivity index (χ3v) is 6.48. The lowest BCUT2D eigenvalue weighted by Crippen LogP contribution is -2.45. The molecule has 0 amide bonds. The van der Waals surface area contributed by atoms with Crippen molar-refractivity contribution in [3.63, 3.8) is 0 Å². The van der Waals surface area contributed by atoms with E-state index in [1.165, 1.54) is 0 Å². The Morgan fingerprint density at radius 3 is 1.23 bits per heavy atom. The molecule has 0 aliphatic carbocycles. The summed E-state index contributed by atoms with van der Waals surface area (Å²) in [5, 5.41) is 3.44. The van der Waals surface area contributed by atoms with Crippen LogP contribution in [0, 0.1) is 11.8 Å². The van der Waals surface area contributed by atoms with E-state index in [9.17, 15) is 19.2 Å². The molecule has 2 aromatic rings. The van der Waals surface area contributed by atoms with Gasteiger partial charge in [-0.05, 0) is 11.1 Å². The van der Waals surface area contributed by atoms with Gasteiger partial charge >= 0.3 is 23.9 Å². The van der Waals surface area contributed by atoms with Gasteiger partial charge in [0.1, 0.15) is 23.9 Å². The molecule has 0 aromatic heterocycles. The van der Waals surface area contributed by atoms with Crippen LogP contribution in [0.15, 0.2) is 60.7 Å². The maximum atomic E-state index is 12.7. The van der Waals surface area contributed by atoms with Crippen molar-refractivity contribution < 1.29 is 28.7 Å².